The van der Waals surface area contributed by atoms with Crippen LogP contribution in [0.4, 0.5) is 5.69 Å². The number of nitro groups is 1. The van der Waals surface area contributed by atoms with Gasteiger partial charge in [-0.3, -0.25) is 15.1 Å². The van der Waals surface area contributed by atoms with Crippen LogP contribution in [0, 0.1) is 10.1 Å². The molecule has 8 heteroatoms. The van der Waals surface area contributed by atoms with Crippen LogP contribution >= 0.6 is 0 Å². The zero-order chi connectivity index (χ0) is 19.2. The molecule has 0 saturated carbocycles. The van der Waals surface area contributed by atoms with Gasteiger partial charge in [-0.1, -0.05) is 18.2 Å². The molecule has 0 N–H and O–H groups in total. The van der Waals surface area contributed by atoms with Gasteiger partial charge in [-0.2, -0.15) is 4.31 Å². The number of nitro benzene ring substituents is 1. The van der Waals surface area contributed by atoms with Gasteiger partial charge >= 0.3 is 0 Å². The summed E-state index contributed by atoms with van der Waals surface area (Å²) in [6, 6.07) is 7.68. The second-order valence-corrected chi connectivity index (χ2v) is 7.30. The molecule has 0 unspecified atom stereocenters. The average Bonchev–Trinajstić information content (AvgIpc) is 2.65. The number of hydrogen-bond donors (Lipinski definition) is 0. The molecule has 26 heavy (non-hydrogen) atoms. The van der Waals surface area contributed by atoms with Crippen molar-refractivity contribution in [2.75, 3.05) is 6.54 Å². The maximum absolute atomic E-state index is 13.1. The van der Waals surface area contributed by atoms with E-state index in [1.165, 1.54) is 34.6 Å². The van der Waals surface area contributed by atoms with E-state index in [9.17, 15) is 18.5 Å². The summed E-state index contributed by atoms with van der Waals surface area (Å²) in [5, 5.41) is 10.8. The first-order valence-electron chi connectivity index (χ1n) is 7.81. The molecule has 1 aromatic carbocycles. The van der Waals surface area contributed by atoms with Gasteiger partial charge in [0.05, 0.1) is 15.9 Å². The predicted octanol–water partition coefficient (Wildman–Crippen LogP) is 3.48. The number of benzene rings is 1. The Morgan fingerprint density at radius 2 is 1.92 bits per heavy atom. The molecule has 1 aromatic heterocycles. The summed E-state index contributed by atoms with van der Waals surface area (Å²) in [5.74, 6) is 0. The number of hydrogen-bond acceptors (Lipinski definition) is 5. The minimum Gasteiger partial charge on any atom is -0.264 e. The standard InChI is InChI=1S/C18H19N3O4S/c1-3-5-13-20(18(4-2)15-7-6-12-19-14-15)26(24,25)17-10-8-16(9-11-17)21(22)23/h3-4,6-12,14,18H,1-2,5,13H2/t18-/m0/s1. The van der Waals surface area contributed by atoms with Crippen LogP contribution < -0.4 is 0 Å². The van der Waals surface area contributed by atoms with Crippen molar-refractivity contribution in [3.63, 3.8) is 0 Å². The van der Waals surface area contributed by atoms with E-state index in [0.29, 0.717) is 12.0 Å². The second-order valence-electron chi connectivity index (χ2n) is 5.41. The number of pyridine rings is 1. The summed E-state index contributed by atoms with van der Waals surface area (Å²) in [4.78, 5) is 14.2. The van der Waals surface area contributed by atoms with E-state index in [-0.39, 0.29) is 17.1 Å². The van der Waals surface area contributed by atoms with Gasteiger partial charge in [0.2, 0.25) is 10.0 Å². The SMILES string of the molecule is C=CCCN([C@@H](C=C)c1cccnc1)S(=O)(=O)c1ccc([N+](=O)[O-])cc1. The maximum atomic E-state index is 13.1. The highest BCUT2D eigenvalue weighted by Gasteiger charge is 2.30. The first kappa shape index (κ1) is 19.5. The lowest BCUT2D eigenvalue weighted by molar-refractivity contribution is -0.384. The van der Waals surface area contributed by atoms with Crippen LogP contribution in [-0.4, -0.2) is 29.2 Å². The third-order valence-corrected chi connectivity index (χ3v) is 5.66. The molecule has 0 aliphatic rings. The fraction of sp³-hybridized carbons (Fsp3) is 0.167. The third-order valence-electron chi connectivity index (χ3n) is 3.77. The summed E-state index contributed by atoms with van der Waals surface area (Å²) in [6.45, 7) is 7.59. The number of rotatable bonds is 9. The largest absolute Gasteiger partial charge is 0.269 e. The van der Waals surface area contributed by atoms with Gasteiger partial charge in [0, 0.05) is 31.1 Å². The van der Waals surface area contributed by atoms with E-state index in [2.05, 4.69) is 18.1 Å². The highest BCUT2D eigenvalue weighted by molar-refractivity contribution is 7.89. The van der Waals surface area contributed by atoms with Gasteiger partial charge < -0.3 is 0 Å². The van der Waals surface area contributed by atoms with Crippen LogP contribution in [0.2, 0.25) is 0 Å². The van der Waals surface area contributed by atoms with Gasteiger partial charge in [-0.05, 0) is 30.2 Å². The van der Waals surface area contributed by atoms with Crippen molar-refractivity contribution in [1.82, 2.24) is 9.29 Å². The van der Waals surface area contributed by atoms with Crippen LogP contribution in [0.15, 0.2) is 79.0 Å². The second kappa shape index (κ2) is 8.50. The normalized spacial score (nSPS) is 12.5. The van der Waals surface area contributed by atoms with Crippen molar-refractivity contribution in [3.8, 4) is 0 Å². The zero-order valence-corrected chi connectivity index (χ0v) is 14.9. The third kappa shape index (κ3) is 4.22. The quantitative estimate of drug-likeness (QED) is 0.381. The highest BCUT2D eigenvalue weighted by Crippen LogP contribution is 2.29. The molecular weight excluding hydrogens is 354 g/mol. The van der Waals surface area contributed by atoms with E-state index < -0.39 is 21.0 Å². The number of sulfonamides is 1. The summed E-state index contributed by atoms with van der Waals surface area (Å²) >= 11 is 0. The van der Waals surface area contributed by atoms with Crippen LogP contribution in [0.3, 0.4) is 0 Å². The molecule has 0 aliphatic heterocycles. The van der Waals surface area contributed by atoms with Crippen LogP contribution in [0.5, 0.6) is 0 Å². The van der Waals surface area contributed by atoms with Gasteiger partial charge in [0.15, 0.2) is 0 Å². The molecule has 0 radical (unpaired) electrons. The van der Waals surface area contributed by atoms with Gasteiger partial charge in [-0.25, -0.2) is 8.42 Å². The topological polar surface area (TPSA) is 93.4 Å². The van der Waals surface area contributed by atoms with Crippen molar-refractivity contribution in [2.45, 2.75) is 17.4 Å². The van der Waals surface area contributed by atoms with E-state index in [1.807, 2.05) is 0 Å². The minimum atomic E-state index is -3.91. The number of non-ortho nitro benzene ring substituents is 1. The van der Waals surface area contributed by atoms with Crippen molar-refractivity contribution >= 4 is 15.7 Å². The van der Waals surface area contributed by atoms with E-state index in [0.717, 1.165) is 0 Å². The minimum absolute atomic E-state index is 0.0251. The van der Waals surface area contributed by atoms with E-state index in [1.54, 1.807) is 30.6 Å². The Labute approximate surface area is 152 Å². The monoisotopic (exact) mass is 373 g/mol. The van der Waals surface area contributed by atoms with Crippen molar-refractivity contribution in [2.24, 2.45) is 0 Å². The maximum Gasteiger partial charge on any atom is 0.269 e. The molecule has 7 nitrogen and oxygen atoms in total. The zero-order valence-electron chi connectivity index (χ0n) is 14.1. The lowest BCUT2D eigenvalue weighted by Gasteiger charge is -2.28. The Bertz CT molecular complexity index is 880. The Morgan fingerprint density at radius 3 is 2.42 bits per heavy atom. The Morgan fingerprint density at radius 1 is 1.23 bits per heavy atom. The molecule has 0 saturated heterocycles. The predicted molar refractivity (Wildman–Crippen MR) is 99.0 cm³/mol. The van der Waals surface area contributed by atoms with Crippen molar-refractivity contribution in [3.05, 3.63) is 89.8 Å². The Balaban J connectivity index is 2.48. The first-order valence-corrected chi connectivity index (χ1v) is 9.25. The average molecular weight is 373 g/mol. The molecule has 1 atom stereocenters. The molecular formula is C18H19N3O4S. The molecule has 0 bridgehead atoms. The molecule has 0 fully saturated rings. The van der Waals surface area contributed by atoms with Crippen molar-refractivity contribution < 1.29 is 13.3 Å². The van der Waals surface area contributed by atoms with Crippen LogP contribution in [-0.2, 0) is 10.0 Å². The molecule has 1 heterocycles. The lowest BCUT2D eigenvalue weighted by atomic mass is 10.1. The number of aromatic nitrogens is 1. The van der Waals surface area contributed by atoms with E-state index in [4.69, 9.17) is 0 Å². The fourth-order valence-electron chi connectivity index (χ4n) is 2.47. The summed E-state index contributed by atoms with van der Waals surface area (Å²) in [6.07, 6.45) is 6.78. The van der Waals surface area contributed by atoms with E-state index >= 15 is 0 Å². The van der Waals surface area contributed by atoms with Gasteiger partial charge in [-0.15, -0.1) is 13.2 Å². The Kier molecular flexibility index (Phi) is 6.37. The fourth-order valence-corrected chi connectivity index (χ4v) is 4.08. The van der Waals surface area contributed by atoms with Crippen LogP contribution in [0.1, 0.15) is 18.0 Å². The number of nitrogens with zero attached hydrogens (tertiary/aromatic N) is 3. The smallest absolute Gasteiger partial charge is 0.264 e. The molecule has 2 rings (SSSR count). The van der Waals surface area contributed by atoms with Gasteiger partial charge in [0.25, 0.3) is 5.69 Å². The molecule has 136 valence electrons. The molecule has 0 aliphatic carbocycles. The van der Waals surface area contributed by atoms with Gasteiger partial charge in [0.1, 0.15) is 0 Å². The van der Waals surface area contributed by atoms with Crippen molar-refractivity contribution in [1.29, 1.82) is 0 Å². The first-order chi connectivity index (χ1) is 12.4. The molecule has 2 aromatic rings. The summed E-state index contributed by atoms with van der Waals surface area (Å²) in [5.41, 5.74) is 0.506. The highest BCUT2D eigenvalue weighted by atomic mass is 32.2. The molecule has 0 amide bonds. The Hall–Kier alpha value is -2.84. The summed E-state index contributed by atoms with van der Waals surface area (Å²) in [7, 11) is -3.91. The molecule has 0 spiro atoms. The summed E-state index contributed by atoms with van der Waals surface area (Å²) < 4.78 is 27.6. The van der Waals surface area contributed by atoms with Crippen LogP contribution in [0.25, 0.3) is 0 Å². The lowest BCUT2D eigenvalue weighted by Crippen LogP contribution is -2.35.